The molecule has 1 aliphatic rings. The van der Waals surface area contributed by atoms with Crippen LogP contribution in [0, 0.1) is 5.82 Å². The highest BCUT2D eigenvalue weighted by atomic mass is 35.5. The van der Waals surface area contributed by atoms with Gasteiger partial charge in [0.2, 0.25) is 5.43 Å². The van der Waals surface area contributed by atoms with Crippen LogP contribution in [0.3, 0.4) is 0 Å². The van der Waals surface area contributed by atoms with E-state index in [0.29, 0.717) is 13.1 Å². The smallest absolute Gasteiger partial charge is 0.341 e. The maximum atomic E-state index is 15.1. The highest BCUT2D eigenvalue weighted by molar-refractivity contribution is 5.97. The van der Waals surface area contributed by atoms with Crippen molar-refractivity contribution >= 4 is 35.0 Å². The van der Waals surface area contributed by atoms with Crippen LogP contribution in [0.15, 0.2) is 17.1 Å². The topological polar surface area (TPSA) is 75.0 Å². The Balaban J connectivity index is 0.00000300. The molecule has 0 spiro atoms. The van der Waals surface area contributed by atoms with Crippen molar-refractivity contribution < 1.29 is 23.4 Å². The quantitative estimate of drug-likeness (QED) is 0.783. The summed E-state index contributed by atoms with van der Waals surface area (Å²) in [4.78, 5) is 28.0. The van der Waals surface area contributed by atoms with Crippen molar-refractivity contribution in [1.29, 1.82) is 0 Å². The molecule has 1 N–H and O–H groups in total. The van der Waals surface area contributed by atoms with Crippen molar-refractivity contribution in [2.24, 2.45) is 0 Å². The predicted molar refractivity (Wildman–Crippen MR) is 109 cm³/mol. The van der Waals surface area contributed by atoms with Gasteiger partial charge in [-0.25, -0.2) is 13.6 Å². The molecule has 29 heavy (non-hydrogen) atoms. The number of methoxy groups -OCH3 is 1. The number of hydrogen-bond acceptors (Lipinski definition) is 5. The van der Waals surface area contributed by atoms with Crippen LogP contribution < -0.4 is 15.1 Å². The largest absolute Gasteiger partial charge is 0.492 e. The molecule has 2 aromatic rings. The summed E-state index contributed by atoms with van der Waals surface area (Å²) in [6.07, 6.45) is 1.09. The SMILES string of the molecule is COc1c(N2CCN(C)C(C)C2)c(F)cc2c(=O)c(C(=O)O)cn(CCF)c12.Cl. The van der Waals surface area contributed by atoms with Gasteiger partial charge in [0, 0.05) is 31.9 Å². The van der Waals surface area contributed by atoms with Gasteiger partial charge < -0.3 is 24.2 Å². The molecule has 0 amide bonds. The van der Waals surface area contributed by atoms with Crippen LogP contribution in [0.2, 0.25) is 0 Å². The summed E-state index contributed by atoms with van der Waals surface area (Å²) >= 11 is 0. The molecule has 3 rings (SSSR count). The molecular weight excluding hydrogens is 408 g/mol. The van der Waals surface area contributed by atoms with Gasteiger partial charge in [-0.2, -0.15) is 0 Å². The van der Waals surface area contributed by atoms with Gasteiger partial charge >= 0.3 is 5.97 Å². The van der Waals surface area contributed by atoms with Crippen LogP contribution in [0.1, 0.15) is 17.3 Å². The molecule has 7 nitrogen and oxygen atoms in total. The molecule has 1 atom stereocenters. The summed E-state index contributed by atoms with van der Waals surface area (Å²) in [5.41, 5.74) is -0.973. The number of rotatable bonds is 5. The molecule has 1 aromatic heterocycles. The molecule has 0 saturated carbocycles. The number of pyridine rings is 1. The van der Waals surface area contributed by atoms with Gasteiger partial charge in [0.05, 0.1) is 24.6 Å². The standard InChI is InChI=1S/C19H23F2N3O4.ClH/c1-11-9-24(7-6-22(11)2)16-14(21)8-12-15(18(16)28-3)23(5-4-20)10-13(17(12)25)19(26)27;/h8,10-11H,4-7,9H2,1-3H3,(H,26,27);1H. The number of anilines is 1. The van der Waals surface area contributed by atoms with E-state index >= 15 is 4.39 Å². The summed E-state index contributed by atoms with van der Waals surface area (Å²) < 4.78 is 35.0. The number of alkyl halides is 1. The molecule has 0 aliphatic carbocycles. The number of hydrogen-bond donors (Lipinski definition) is 1. The second kappa shape index (κ2) is 8.96. The first kappa shape index (κ1) is 22.9. The van der Waals surface area contributed by atoms with E-state index in [1.165, 1.54) is 11.7 Å². The third-order valence-electron chi connectivity index (χ3n) is 5.28. The maximum absolute atomic E-state index is 15.1. The number of aromatic carboxylic acids is 1. The molecule has 1 aliphatic heterocycles. The predicted octanol–water partition coefficient (Wildman–Crippen LogP) is 2.38. The third-order valence-corrected chi connectivity index (χ3v) is 5.28. The zero-order valence-corrected chi connectivity index (χ0v) is 17.3. The maximum Gasteiger partial charge on any atom is 0.341 e. The number of ether oxygens (including phenoxy) is 1. The van der Waals surface area contributed by atoms with Crippen LogP contribution in [0.5, 0.6) is 5.75 Å². The van der Waals surface area contributed by atoms with Crippen LogP contribution >= 0.6 is 12.4 Å². The first-order chi connectivity index (χ1) is 13.3. The number of benzene rings is 1. The van der Waals surface area contributed by atoms with Crippen molar-refractivity contribution in [3.8, 4) is 5.75 Å². The van der Waals surface area contributed by atoms with E-state index in [-0.39, 0.29) is 47.3 Å². The Morgan fingerprint density at radius 1 is 1.38 bits per heavy atom. The lowest BCUT2D eigenvalue weighted by atomic mass is 10.1. The van der Waals surface area contributed by atoms with E-state index in [4.69, 9.17) is 4.74 Å². The molecule has 1 unspecified atom stereocenters. The van der Waals surface area contributed by atoms with Crippen LogP contribution in [0.25, 0.3) is 10.9 Å². The summed E-state index contributed by atoms with van der Waals surface area (Å²) in [6.45, 7) is 2.89. The van der Waals surface area contributed by atoms with Crippen molar-refractivity contribution in [1.82, 2.24) is 9.47 Å². The number of nitrogens with zero attached hydrogens (tertiary/aromatic N) is 3. The highest BCUT2D eigenvalue weighted by Crippen LogP contribution is 2.39. The number of carboxylic acid groups (broad SMARTS) is 1. The van der Waals surface area contributed by atoms with Gasteiger partial charge in [-0.15, -0.1) is 12.4 Å². The van der Waals surface area contributed by atoms with E-state index < -0.39 is 29.5 Å². The van der Waals surface area contributed by atoms with Gasteiger partial charge in [-0.1, -0.05) is 0 Å². The summed E-state index contributed by atoms with van der Waals surface area (Å²) in [5.74, 6) is -2.02. The van der Waals surface area contributed by atoms with Gasteiger partial charge in [0.25, 0.3) is 0 Å². The number of aryl methyl sites for hydroxylation is 1. The Bertz CT molecular complexity index is 982. The van der Waals surface area contributed by atoms with Crippen molar-refractivity contribution in [3.05, 3.63) is 33.9 Å². The second-order valence-corrected chi connectivity index (χ2v) is 6.97. The molecule has 160 valence electrons. The Morgan fingerprint density at radius 2 is 2.07 bits per heavy atom. The lowest BCUT2D eigenvalue weighted by molar-refractivity contribution is 0.0694. The minimum atomic E-state index is -1.45. The van der Waals surface area contributed by atoms with Gasteiger partial charge in [-0.05, 0) is 20.0 Å². The Hall–Kier alpha value is -2.39. The van der Waals surface area contributed by atoms with E-state index in [1.807, 2.05) is 18.9 Å². The fourth-order valence-corrected chi connectivity index (χ4v) is 3.65. The normalized spacial score (nSPS) is 17.3. The number of carboxylic acids is 1. The van der Waals surface area contributed by atoms with E-state index in [9.17, 15) is 19.1 Å². The first-order valence-corrected chi connectivity index (χ1v) is 8.98. The zero-order valence-electron chi connectivity index (χ0n) is 16.4. The van der Waals surface area contributed by atoms with Crippen molar-refractivity contribution in [2.75, 3.05) is 45.4 Å². The summed E-state index contributed by atoms with van der Waals surface area (Å²) in [5, 5.41) is 9.14. The monoisotopic (exact) mass is 431 g/mol. The fraction of sp³-hybridized carbons (Fsp3) is 0.474. The van der Waals surface area contributed by atoms with Gasteiger partial charge in [-0.3, -0.25) is 4.79 Å². The molecule has 2 heterocycles. The van der Waals surface area contributed by atoms with E-state index in [0.717, 1.165) is 18.8 Å². The molecule has 0 bridgehead atoms. The number of carbonyl (C=O) groups is 1. The molecule has 0 radical (unpaired) electrons. The summed E-state index contributed by atoms with van der Waals surface area (Å²) in [7, 11) is 3.34. The average molecular weight is 432 g/mol. The third kappa shape index (κ3) is 4.02. The Labute approximate surface area is 172 Å². The van der Waals surface area contributed by atoms with E-state index in [2.05, 4.69) is 4.90 Å². The number of likely N-dealkylation sites (N-methyl/N-ethyl adjacent to an activating group) is 1. The van der Waals surface area contributed by atoms with Gasteiger partial charge in [0.15, 0.2) is 11.6 Å². The molecule has 1 saturated heterocycles. The molecule has 10 heteroatoms. The van der Waals surface area contributed by atoms with Crippen LogP contribution in [0.4, 0.5) is 14.5 Å². The highest BCUT2D eigenvalue weighted by Gasteiger charge is 2.29. The second-order valence-electron chi connectivity index (χ2n) is 6.97. The summed E-state index contributed by atoms with van der Waals surface area (Å²) in [6, 6.07) is 1.20. The number of fused-ring (bicyclic) bond motifs is 1. The first-order valence-electron chi connectivity index (χ1n) is 8.98. The molecule has 1 aromatic carbocycles. The molecule has 1 fully saturated rings. The Kier molecular flexibility index (Phi) is 7.07. The van der Waals surface area contributed by atoms with Crippen molar-refractivity contribution in [3.63, 3.8) is 0 Å². The van der Waals surface area contributed by atoms with Gasteiger partial charge in [0.1, 0.15) is 17.9 Å². The average Bonchev–Trinajstić information content (AvgIpc) is 2.65. The number of halogens is 3. The lowest BCUT2D eigenvalue weighted by Crippen LogP contribution is -2.50. The number of piperazine rings is 1. The minimum absolute atomic E-state index is 0. The van der Waals surface area contributed by atoms with Crippen molar-refractivity contribution in [2.45, 2.75) is 19.5 Å². The lowest BCUT2D eigenvalue weighted by Gasteiger charge is -2.39. The fourth-order valence-electron chi connectivity index (χ4n) is 3.65. The minimum Gasteiger partial charge on any atom is -0.492 e. The number of aromatic nitrogens is 1. The van der Waals surface area contributed by atoms with Crippen LogP contribution in [-0.2, 0) is 6.54 Å². The Morgan fingerprint density at radius 3 is 2.62 bits per heavy atom. The molecular formula is C19H24ClF2N3O4. The van der Waals surface area contributed by atoms with Crippen LogP contribution in [-0.4, -0.2) is 67.1 Å². The van der Waals surface area contributed by atoms with E-state index in [1.54, 1.807) is 0 Å². The zero-order chi connectivity index (χ0) is 20.6.